The quantitative estimate of drug-likeness (QED) is 0.623. The Labute approximate surface area is 212 Å². The van der Waals surface area contributed by atoms with E-state index < -0.39 is 0 Å². The Morgan fingerprint density at radius 3 is 2.42 bits per heavy atom. The first-order valence-electron chi connectivity index (χ1n) is 13.3. The Kier molecular flexibility index (Phi) is 7.05. The lowest BCUT2D eigenvalue weighted by molar-refractivity contribution is -0.133. The first-order valence-corrected chi connectivity index (χ1v) is 13.3. The molecule has 0 N–H and O–H groups in total. The van der Waals surface area contributed by atoms with Gasteiger partial charge in [0, 0.05) is 44.8 Å². The van der Waals surface area contributed by atoms with Gasteiger partial charge in [0.15, 0.2) is 0 Å². The number of likely N-dealkylation sites (tertiary alicyclic amines) is 3. The Hall–Kier alpha value is -2.88. The minimum Gasteiger partial charge on any atom is -0.423 e. The predicted octanol–water partition coefficient (Wildman–Crippen LogP) is 2.97. The molecule has 3 aliphatic rings. The van der Waals surface area contributed by atoms with Crippen molar-refractivity contribution in [2.45, 2.75) is 71.3 Å². The minimum absolute atomic E-state index is 0.00897. The van der Waals surface area contributed by atoms with Gasteiger partial charge in [0.1, 0.15) is 5.69 Å². The van der Waals surface area contributed by atoms with E-state index in [1.165, 1.54) is 6.42 Å². The second kappa shape index (κ2) is 10.2. The maximum absolute atomic E-state index is 13.2. The summed E-state index contributed by atoms with van der Waals surface area (Å²) in [5.41, 5.74) is 1.19. The molecule has 0 bridgehead atoms. The summed E-state index contributed by atoms with van der Waals surface area (Å²) in [7, 11) is 0. The van der Waals surface area contributed by atoms with Gasteiger partial charge in [0.25, 0.3) is 5.91 Å². The average molecular weight is 496 g/mol. The number of hydrogen-bond acceptors (Lipinski definition) is 8. The van der Waals surface area contributed by atoms with E-state index >= 15 is 0 Å². The zero-order chi connectivity index (χ0) is 25.3. The number of piperidine rings is 2. The highest BCUT2D eigenvalue weighted by Gasteiger charge is 2.49. The first-order chi connectivity index (χ1) is 17.3. The maximum atomic E-state index is 13.2. The second-order valence-corrected chi connectivity index (χ2v) is 11.0. The third-order valence-electron chi connectivity index (χ3n) is 8.00. The molecule has 5 heterocycles. The molecule has 1 unspecified atom stereocenters. The van der Waals surface area contributed by atoms with Crippen LogP contribution in [0.1, 0.15) is 92.3 Å². The molecule has 1 spiro atoms. The number of carbonyl (C=O) groups excluding carboxylic acids is 2. The molecule has 0 aromatic carbocycles. The SMILES string of the molecule is Cc1cnc(C(=O)N2CCC3(CC2)CC(c2nnc(C(C)C)o2)N(CC(=O)N2CCCCC2)C3)cn1. The van der Waals surface area contributed by atoms with E-state index in [0.717, 1.165) is 57.4 Å². The predicted molar refractivity (Wildman–Crippen MR) is 132 cm³/mol. The number of aryl methyl sites for hydroxylation is 1. The van der Waals surface area contributed by atoms with Gasteiger partial charge < -0.3 is 14.2 Å². The highest BCUT2D eigenvalue weighted by molar-refractivity contribution is 5.92. The van der Waals surface area contributed by atoms with E-state index in [9.17, 15) is 9.59 Å². The van der Waals surface area contributed by atoms with E-state index in [2.05, 4.69) is 25.1 Å². The van der Waals surface area contributed by atoms with Gasteiger partial charge in [0.05, 0.1) is 24.5 Å². The Morgan fingerprint density at radius 1 is 1.03 bits per heavy atom. The van der Waals surface area contributed by atoms with Gasteiger partial charge in [-0.25, -0.2) is 4.98 Å². The summed E-state index contributed by atoms with van der Waals surface area (Å²) in [6.07, 6.45) is 9.14. The van der Waals surface area contributed by atoms with Gasteiger partial charge >= 0.3 is 0 Å². The molecule has 3 fully saturated rings. The van der Waals surface area contributed by atoms with Gasteiger partial charge in [0.2, 0.25) is 17.7 Å². The summed E-state index contributed by atoms with van der Waals surface area (Å²) in [5, 5.41) is 8.66. The fourth-order valence-corrected chi connectivity index (χ4v) is 5.80. The van der Waals surface area contributed by atoms with Crippen LogP contribution < -0.4 is 0 Å². The molecule has 0 aliphatic carbocycles. The smallest absolute Gasteiger partial charge is 0.274 e. The van der Waals surface area contributed by atoms with E-state index in [1.54, 1.807) is 12.4 Å². The molecule has 3 saturated heterocycles. The summed E-state index contributed by atoms with van der Waals surface area (Å²) in [6.45, 7) is 10.1. The molecule has 36 heavy (non-hydrogen) atoms. The normalized spacial score (nSPS) is 22.5. The fourth-order valence-electron chi connectivity index (χ4n) is 5.80. The second-order valence-electron chi connectivity index (χ2n) is 11.0. The van der Waals surface area contributed by atoms with E-state index in [1.807, 2.05) is 30.6 Å². The lowest BCUT2D eigenvalue weighted by atomic mass is 9.76. The van der Waals surface area contributed by atoms with Crippen molar-refractivity contribution in [2.24, 2.45) is 5.41 Å². The zero-order valence-corrected chi connectivity index (χ0v) is 21.6. The van der Waals surface area contributed by atoms with Crippen molar-refractivity contribution in [1.82, 2.24) is 34.9 Å². The molecule has 0 saturated carbocycles. The summed E-state index contributed by atoms with van der Waals surface area (Å²) in [4.78, 5) is 40.8. The van der Waals surface area contributed by atoms with Crippen molar-refractivity contribution in [2.75, 3.05) is 39.3 Å². The van der Waals surface area contributed by atoms with Crippen molar-refractivity contribution < 1.29 is 14.0 Å². The third-order valence-corrected chi connectivity index (χ3v) is 8.00. The molecule has 1 atom stereocenters. The summed E-state index contributed by atoms with van der Waals surface area (Å²) in [5.74, 6) is 1.51. The topological polar surface area (TPSA) is 109 Å². The minimum atomic E-state index is -0.0797. The summed E-state index contributed by atoms with van der Waals surface area (Å²) in [6, 6.07) is -0.0797. The summed E-state index contributed by atoms with van der Waals surface area (Å²) < 4.78 is 6.08. The Balaban J connectivity index is 1.30. The zero-order valence-electron chi connectivity index (χ0n) is 21.6. The van der Waals surface area contributed by atoms with Gasteiger partial charge in [-0.1, -0.05) is 13.8 Å². The van der Waals surface area contributed by atoms with Crippen LogP contribution in [-0.2, 0) is 4.79 Å². The number of amides is 2. The van der Waals surface area contributed by atoms with Crippen molar-refractivity contribution in [3.63, 3.8) is 0 Å². The number of aromatic nitrogens is 4. The van der Waals surface area contributed by atoms with Crippen molar-refractivity contribution >= 4 is 11.8 Å². The lowest BCUT2D eigenvalue weighted by Gasteiger charge is -2.39. The summed E-state index contributed by atoms with van der Waals surface area (Å²) >= 11 is 0. The van der Waals surface area contributed by atoms with Gasteiger partial charge in [-0.05, 0) is 50.9 Å². The monoisotopic (exact) mass is 495 g/mol. The number of carbonyl (C=O) groups is 2. The average Bonchev–Trinajstić information content (AvgIpc) is 3.51. The van der Waals surface area contributed by atoms with Crippen LogP contribution in [0.4, 0.5) is 0 Å². The van der Waals surface area contributed by atoms with E-state index in [-0.39, 0.29) is 29.2 Å². The molecule has 3 aliphatic heterocycles. The molecule has 10 nitrogen and oxygen atoms in total. The molecule has 194 valence electrons. The molecule has 2 aromatic rings. The molecule has 2 amide bonds. The molecule has 2 aromatic heterocycles. The van der Waals surface area contributed by atoms with Crippen LogP contribution in [0.25, 0.3) is 0 Å². The first kappa shape index (κ1) is 24.8. The highest BCUT2D eigenvalue weighted by atomic mass is 16.4. The van der Waals surface area contributed by atoms with E-state index in [0.29, 0.717) is 37.1 Å². The van der Waals surface area contributed by atoms with Crippen molar-refractivity contribution in [3.8, 4) is 0 Å². The molecule has 10 heteroatoms. The van der Waals surface area contributed by atoms with Crippen LogP contribution in [0.3, 0.4) is 0 Å². The van der Waals surface area contributed by atoms with Gasteiger partial charge in [-0.15, -0.1) is 10.2 Å². The van der Waals surface area contributed by atoms with Crippen LogP contribution in [0.5, 0.6) is 0 Å². The molecular formula is C26H37N7O3. The number of hydrogen-bond donors (Lipinski definition) is 0. The van der Waals surface area contributed by atoms with Crippen LogP contribution in [-0.4, -0.2) is 85.9 Å². The van der Waals surface area contributed by atoms with Crippen LogP contribution in [0, 0.1) is 12.3 Å². The van der Waals surface area contributed by atoms with Crippen LogP contribution in [0.15, 0.2) is 16.8 Å². The highest BCUT2D eigenvalue weighted by Crippen LogP contribution is 2.49. The third kappa shape index (κ3) is 5.14. The van der Waals surface area contributed by atoms with Crippen molar-refractivity contribution in [3.05, 3.63) is 35.6 Å². The van der Waals surface area contributed by atoms with Crippen molar-refractivity contribution in [1.29, 1.82) is 0 Å². The van der Waals surface area contributed by atoms with Gasteiger partial charge in [-0.3, -0.25) is 19.5 Å². The fraction of sp³-hybridized carbons (Fsp3) is 0.692. The standard InChI is InChI=1S/C26H37N7O3/c1-18(2)23-29-30-24(36-23)21-13-26(17-33(21)16-22(34)31-9-5-4-6-10-31)7-11-32(12-8-26)25(35)20-15-27-19(3)14-28-20/h14-15,18,21H,4-13,16-17H2,1-3H3. The Bertz CT molecular complexity index is 1070. The number of nitrogens with zero attached hydrogens (tertiary/aromatic N) is 7. The molecule has 0 radical (unpaired) electrons. The lowest BCUT2D eigenvalue weighted by Crippen LogP contribution is -2.46. The largest absolute Gasteiger partial charge is 0.423 e. The van der Waals surface area contributed by atoms with E-state index in [4.69, 9.17) is 4.42 Å². The molecular weight excluding hydrogens is 458 g/mol. The number of rotatable bonds is 5. The molecule has 5 rings (SSSR count). The van der Waals surface area contributed by atoms with Gasteiger partial charge in [-0.2, -0.15) is 0 Å². The maximum Gasteiger partial charge on any atom is 0.274 e. The van der Waals surface area contributed by atoms with Crippen LogP contribution >= 0.6 is 0 Å². The Morgan fingerprint density at radius 2 is 1.78 bits per heavy atom. The van der Waals surface area contributed by atoms with Crippen LogP contribution in [0.2, 0.25) is 0 Å².